The zero-order chi connectivity index (χ0) is 27.0. The number of carbonyl (C=O) groups excluding carboxylic acids is 4. The molecular formula is C28H39N3O5. The van der Waals surface area contributed by atoms with Crippen LogP contribution in [0.4, 0.5) is 4.79 Å². The molecular weight excluding hydrogens is 458 g/mol. The molecule has 1 saturated heterocycles. The summed E-state index contributed by atoms with van der Waals surface area (Å²) < 4.78 is 5.44. The van der Waals surface area contributed by atoms with Gasteiger partial charge in [0.25, 0.3) is 5.91 Å². The Kier molecular flexibility index (Phi) is 7.67. The molecule has 1 aromatic rings. The number of hydrogen-bond acceptors (Lipinski definition) is 5. The first-order chi connectivity index (χ1) is 16.6. The van der Waals surface area contributed by atoms with E-state index in [-0.39, 0.29) is 42.0 Å². The van der Waals surface area contributed by atoms with E-state index in [1.54, 1.807) is 39.0 Å². The molecule has 1 fully saturated rings. The molecule has 0 aromatic heterocycles. The fourth-order valence-electron chi connectivity index (χ4n) is 4.46. The summed E-state index contributed by atoms with van der Waals surface area (Å²) in [6.07, 6.45) is 1.54. The topological polar surface area (TPSA) is 96.0 Å². The van der Waals surface area contributed by atoms with Gasteiger partial charge in [-0.05, 0) is 62.3 Å². The first-order valence-electron chi connectivity index (χ1n) is 12.5. The van der Waals surface area contributed by atoms with Gasteiger partial charge in [0.05, 0.1) is 12.2 Å². The molecule has 3 rings (SSSR count). The van der Waals surface area contributed by atoms with Crippen LogP contribution < -0.4 is 5.32 Å². The highest BCUT2D eigenvalue weighted by Crippen LogP contribution is 2.31. The van der Waals surface area contributed by atoms with Crippen molar-refractivity contribution in [2.24, 2.45) is 5.92 Å². The number of nitrogens with zero attached hydrogens (tertiary/aromatic N) is 2. The molecule has 1 N–H and O–H groups in total. The van der Waals surface area contributed by atoms with Crippen LogP contribution in [0.25, 0.3) is 0 Å². The Balaban J connectivity index is 1.76. The lowest BCUT2D eigenvalue weighted by molar-refractivity contribution is -0.137. The first-order valence-corrected chi connectivity index (χ1v) is 12.5. The van der Waals surface area contributed by atoms with Crippen molar-refractivity contribution in [2.75, 3.05) is 13.1 Å². The van der Waals surface area contributed by atoms with Crippen LogP contribution in [0.3, 0.4) is 0 Å². The number of ketones is 1. The van der Waals surface area contributed by atoms with Crippen LogP contribution >= 0.6 is 0 Å². The third-order valence-corrected chi connectivity index (χ3v) is 6.24. The highest BCUT2D eigenvalue weighted by Gasteiger charge is 2.48. The van der Waals surface area contributed by atoms with Gasteiger partial charge in [0.15, 0.2) is 5.78 Å². The smallest absolute Gasteiger partial charge is 0.415 e. The predicted octanol–water partition coefficient (Wildman–Crippen LogP) is 4.04. The van der Waals surface area contributed by atoms with Crippen molar-refractivity contribution in [3.8, 4) is 0 Å². The molecule has 2 aliphatic rings. The number of Topliss-reactive ketones (excluding diaryl/α,β-unsaturated/α-hetero) is 1. The number of amides is 3. The van der Waals surface area contributed by atoms with Gasteiger partial charge in [0, 0.05) is 12.1 Å². The van der Waals surface area contributed by atoms with Gasteiger partial charge < -0.3 is 15.0 Å². The molecule has 0 unspecified atom stereocenters. The Morgan fingerprint density at radius 2 is 1.67 bits per heavy atom. The molecule has 36 heavy (non-hydrogen) atoms. The maximum Gasteiger partial charge on any atom is 0.415 e. The molecule has 2 heterocycles. The summed E-state index contributed by atoms with van der Waals surface area (Å²) in [5.41, 5.74) is 1.31. The van der Waals surface area contributed by atoms with E-state index in [4.69, 9.17) is 4.74 Å². The molecule has 196 valence electrons. The van der Waals surface area contributed by atoms with Crippen LogP contribution in [0.1, 0.15) is 77.7 Å². The maximum absolute atomic E-state index is 13.6. The summed E-state index contributed by atoms with van der Waals surface area (Å²) >= 11 is 0. The molecule has 0 saturated carbocycles. The van der Waals surface area contributed by atoms with Crippen molar-refractivity contribution < 1.29 is 23.9 Å². The van der Waals surface area contributed by atoms with Crippen molar-refractivity contribution in [1.82, 2.24) is 15.1 Å². The highest BCUT2D eigenvalue weighted by atomic mass is 16.6. The summed E-state index contributed by atoms with van der Waals surface area (Å²) in [4.78, 5) is 55.0. The zero-order valence-electron chi connectivity index (χ0n) is 22.7. The molecule has 0 bridgehead atoms. The van der Waals surface area contributed by atoms with Gasteiger partial charge in [-0.15, -0.1) is 0 Å². The van der Waals surface area contributed by atoms with Crippen LogP contribution in [-0.4, -0.2) is 64.3 Å². The van der Waals surface area contributed by atoms with Gasteiger partial charge in [-0.1, -0.05) is 46.8 Å². The van der Waals surface area contributed by atoms with Crippen LogP contribution in [0.15, 0.2) is 36.0 Å². The molecule has 8 heteroatoms. The summed E-state index contributed by atoms with van der Waals surface area (Å²) in [6.45, 7) is 15.6. The second kappa shape index (κ2) is 10.1. The van der Waals surface area contributed by atoms with E-state index in [1.807, 2.05) is 26.0 Å². The van der Waals surface area contributed by atoms with E-state index in [9.17, 15) is 19.2 Å². The number of nitrogens with one attached hydrogen (secondary N) is 1. The van der Waals surface area contributed by atoms with Crippen molar-refractivity contribution in [1.29, 1.82) is 0 Å². The fraction of sp³-hybridized carbons (Fsp3) is 0.571. The van der Waals surface area contributed by atoms with E-state index in [0.717, 1.165) is 5.56 Å². The lowest BCUT2D eigenvalue weighted by Crippen LogP contribution is -2.52. The van der Waals surface area contributed by atoms with Crippen LogP contribution in [0.5, 0.6) is 0 Å². The van der Waals surface area contributed by atoms with E-state index in [2.05, 4.69) is 26.1 Å². The number of carbonyl (C=O) groups is 4. The second-order valence-corrected chi connectivity index (χ2v) is 12.0. The van der Waals surface area contributed by atoms with E-state index < -0.39 is 23.8 Å². The third kappa shape index (κ3) is 6.15. The minimum absolute atomic E-state index is 0.0351. The average molecular weight is 498 g/mol. The Hall–Kier alpha value is -3.16. The molecule has 8 nitrogen and oxygen atoms in total. The summed E-state index contributed by atoms with van der Waals surface area (Å²) in [7, 11) is 0. The summed E-state index contributed by atoms with van der Waals surface area (Å²) in [5, 5.41) is 2.89. The van der Waals surface area contributed by atoms with Gasteiger partial charge in [-0.3, -0.25) is 19.3 Å². The number of benzene rings is 1. The quantitative estimate of drug-likeness (QED) is 0.662. The van der Waals surface area contributed by atoms with Gasteiger partial charge >= 0.3 is 6.09 Å². The molecule has 0 spiro atoms. The normalized spacial score (nSPS) is 18.8. The fourth-order valence-corrected chi connectivity index (χ4v) is 4.46. The van der Waals surface area contributed by atoms with Crippen molar-refractivity contribution in [3.05, 3.63) is 47.2 Å². The number of likely N-dealkylation sites (tertiary alicyclic amines) is 1. The van der Waals surface area contributed by atoms with Crippen molar-refractivity contribution >= 4 is 23.7 Å². The summed E-state index contributed by atoms with van der Waals surface area (Å²) in [6, 6.07) is 5.74. The SMILES string of the molecule is CC(C)C[C@H](NC(=O)c1ccc(C(C)(C)C)cc1)C(=O)N1CC=C2[C@H]1C(=O)CN2C(=O)OC(C)(C)C. The Labute approximate surface area is 214 Å². The van der Waals surface area contributed by atoms with Crippen LogP contribution in [-0.2, 0) is 19.7 Å². The zero-order valence-corrected chi connectivity index (χ0v) is 22.7. The summed E-state index contributed by atoms with van der Waals surface area (Å²) in [5.74, 6) is -0.783. The van der Waals surface area contributed by atoms with Gasteiger partial charge in [-0.25, -0.2) is 4.79 Å². The highest BCUT2D eigenvalue weighted by molar-refractivity contribution is 6.02. The molecule has 0 aliphatic carbocycles. The predicted molar refractivity (Wildman–Crippen MR) is 137 cm³/mol. The van der Waals surface area contributed by atoms with Gasteiger partial charge in [0.2, 0.25) is 5.91 Å². The molecule has 2 atom stereocenters. The van der Waals surface area contributed by atoms with Crippen molar-refractivity contribution in [2.45, 2.75) is 84.9 Å². The maximum atomic E-state index is 13.6. The third-order valence-electron chi connectivity index (χ3n) is 6.24. The van der Waals surface area contributed by atoms with Crippen LogP contribution in [0.2, 0.25) is 0 Å². The Bertz CT molecular complexity index is 1060. The molecule has 2 aliphatic heterocycles. The minimum atomic E-state index is -0.845. The lowest BCUT2D eigenvalue weighted by Gasteiger charge is -2.29. The standard InChI is InChI=1S/C28H39N3O5/c1-17(2)15-20(29-24(33)18-9-11-19(12-10-18)27(3,4)5)25(34)30-14-13-21-23(30)22(32)16-31(21)26(35)36-28(6,7)8/h9-13,17,20,23H,14-16H2,1-8H3,(H,29,33)/t20-,23-/m0/s1. The number of ether oxygens (including phenoxy) is 1. The monoisotopic (exact) mass is 497 g/mol. The molecule has 3 amide bonds. The first kappa shape index (κ1) is 27.4. The average Bonchev–Trinajstić information content (AvgIpc) is 3.32. The number of hydrogen-bond donors (Lipinski definition) is 1. The Morgan fingerprint density at radius 3 is 2.19 bits per heavy atom. The number of fused-ring (bicyclic) bond motifs is 1. The Morgan fingerprint density at radius 1 is 1.06 bits per heavy atom. The van der Waals surface area contributed by atoms with E-state index >= 15 is 0 Å². The largest absolute Gasteiger partial charge is 0.443 e. The van der Waals surface area contributed by atoms with Crippen molar-refractivity contribution in [3.63, 3.8) is 0 Å². The molecule has 1 aromatic carbocycles. The minimum Gasteiger partial charge on any atom is -0.443 e. The lowest BCUT2D eigenvalue weighted by atomic mass is 9.86. The van der Waals surface area contributed by atoms with Gasteiger partial charge in [0.1, 0.15) is 17.7 Å². The molecule has 0 radical (unpaired) electrons. The number of rotatable bonds is 5. The second-order valence-electron chi connectivity index (χ2n) is 12.0. The van der Waals surface area contributed by atoms with Gasteiger partial charge in [-0.2, -0.15) is 0 Å². The van der Waals surface area contributed by atoms with E-state index in [1.165, 1.54) is 9.80 Å². The van der Waals surface area contributed by atoms with E-state index in [0.29, 0.717) is 17.7 Å². The van der Waals surface area contributed by atoms with Crippen LogP contribution in [0, 0.1) is 5.92 Å².